The second kappa shape index (κ2) is 6.06. The number of nitrogens with zero attached hydrogens (tertiary/aromatic N) is 5. The zero-order valence-electron chi connectivity index (χ0n) is 12.6. The first-order valence-electron chi connectivity index (χ1n) is 7.90. The third-order valence-corrected chi connectivity index (χ3v) is 4.61. The number of likely N-dealkylation sites (tertiary alicyclic amines) is 1. The lowest BCUT2D eigenvalue weighted by Gasteiger charge is -2.48. The van der Waals surface area contributed by atoms with Crippen LogP contribution in [0.15, 0.2) is 41.2 Å². The van der Waals surface area contributed by atoms with Gasteiger partial charge in [-0.05, 0) is 12.1 Å². The molecule has 4 heterocycles. The van der Waals surface area contributed by atoms with Crippen molar-refractivity contribution in [3.63, 3.8) is 0 Å². The molecule has 0 unspecified atom stereocenters. The maximum atomic E-state index is 5.16. The van der Waals surface area contributed by atoms with E-state index in [1.165, 1.54) is 0 Å². The van der Waals surface area contributed by atoms with Gasteiger partial charge in [0.15, 0.2) is 5.76 Å². The van der Waals surface area contributed by atoms with E-state index in [1.54, 1.807) is 6.20 Å². The molecule has 2 aromatic rings. The van der Waals surface area contributed by atoms with Crippen LogP contribution in [0.25, 0.3) is 0 Å². The highest BCUT2D eigenvalue weighted by atomic mass is 16.5. The van der Waals surface area contributed by atoms with Gasteiger partial charge in [-0.1, -0.05) is 11.2 Å². The second-order valence-corrected chi connectivity index (χ2v) is 6.04. The molecule has 0 atom stereocenters. The van der Waals surface area contributed by atoms with Gasteiger partial charge < -0.3 is 9.42 Å². The molecule has 2 aromatic heterocycles. The summed E-state index contributed by atoms with van der Waals surface area (Å²) in [5.41, 5.74) is 0. The van der Waals surface area contributed by atoms with Crippen molar-refractivity contribution in [1.29, 1.82) is 0 Å². The average molecular weight is 299 g/mol. The first-order valence-corrected chi connectivity index (χ1v) is 7.90. The Morgan fingerprint density at radius 1 is 1.05 bits per heavy atom. The van der Waals surface area contributed by atoms with Crippen molar-refractivity contribution < 1.29 is 4.52 Å². The number of aromatic nitrogens is 2. The van der Waals surface area contributed by atoms with Crippen LogP contribution in [-0.4, -0.2) is 65.3 Å². The molecule has 4 rings (SSSR count). The fraction of sp³-hybridized carbons (Fsp3) is 0.500. The normalized spacial score (nSPS) is 21.0. The molecule has 0 bridgehead atoms. The number of hydrogen-bond donors (Lipinski definition) is 0. The van der Waals surface area contributed by atoms with Crippen molar-refractivity contribution in [2.45, 2.75) is 12.6 Å². The number of rotatable bonds is 4. The van der Waals surface area contributed by atoms with Gasteiger partial charge >= 0.3 is 0 Å². The molecule has 2 aliphatic heterocycles. The van der Waals surface area contributed by atoms with Crippen molar-refractivity contribution in [3.8, 4) is 0 Å². The van der Waals surface area contributed by atoms with E-state index >= 15 is 0 Å². The van der Waals surface area contributed by atoms with E-state index in [-0.39, 0.29) is 0 Å². The molecule has 22 heavy (non-hydrogen) atoms. The van der Waals surface area contributed by atoms with Gasteiger partial charge in [-0.15, -0.1) is 0 Å². The first-order chi connectivity index (χ1) is 10.9. The first kappa shape index (κ1) is 13.7. The van der Waals surface area contributed by atoms with E-state index in [1.807, 2.05) is 18.3 Å². The van der Waals surface area contributed by atoms with Gasteiger partial charge in [0.05, 0.1) is 12.7 Å². The molecule has 0 aromatic carbocycles. The highest BCUT2D eigenvalue weighted by Gasteiger charge is 2.33. The number of pyridine rings is 1. The maximum Gasteiger partial charge on any atom is 0.150 e. The maximum absolute atomic E-state index is 5.16. The summed E-state index contributed by atoms with van der Waals surface area (Å²) in [5.74, 6) is 2.06. The molecule has 0 aliphatic carbocycles. The number of anilines is 1. The van der Waals surface area contributed by atoms with Gasteiger partial charge in [0.25, 0.3) is 0 Å². The third kappa shape index (κ3) is 2.84. The fourth-order valence-corrected chi connectivity index (χ4v) is 3.30. The summed E-state index contributed by atoms with van der Waals surface area (Å²) >= 11 is 0. The lowest BCUT2D eigenvalue weighted by molar-refractivity contribution is 0.0206. The van der Waals surface area contributed by atoms with E-state index < -0.39 is 0 Å². The molecule has 116 valence electrons. The highest BCUT2D eigenvalue weighted by molar-refractivity contribution is 5.38. The van der Waals surface area contributed by atoms with E-state index in [9.17, 15) is 0 Å². The predicted octanol–water partition coefficient (Wildman–Crippen LogP) is 1.08. The van der Waals surface area contributed by atoms with Crippen LogP contribution in [0.1, 0.15) is 5.76 Å². The van der Waals surface area contributed by atoms with Gasteiger partial charge in [0.2, 0.25) is 0 Å². The Hall–Kier alpha value is -1.92. The second-order valence-electron chi connectivity index (χ2n) is 6.04. The summed E-state index contributed by atoms with van der Waals surface area (Å²) in [6.07, 6.45) is 3.58. The quantitative estimate of drug-likeness (QED) is 0.842. The Balaban J connectivity index is 1.24. The lowest BCUT2D eigenvalue weighted by atomic mass is 10.1. The van der Waals surface area contributed by atoms with Crippen molar-refractivity contribution in [1.82, 2.24) is 19.9 Å². The fourth-order valence-electron chi connectivity index (χ4n) is 3.30. The molecule has 2 saturated heterocycles. The van der Waals surface area contributed by atoms with Gasteiger partial charge in [-0.3, -0.25) is 9.80 Å². The highest BCUT2D eigenvalue weighted by Crippen LogP contribution is 2.20. The standard InChI is InChI=1S/C16H21N5O/c1-2-5-17-16(3-1)21-9-7-20(8-10-21)14-11-19(12-14)13-15-4-6-18-22-15/h1-6,14H,7-13H2. The molecule has 0 saturated carbocycles. The Labute approximate surface area is 130 Å². The van der Waals surface area contributed by atoms with Crippen LogP contribution in [0.3, 0.4) is 0 Å². The zero-order chi connectivity index (χ0) is 14.8. The molecular weight excluding hydrogens is 278 g/mol. The molecule has 0 spiro atoms. The Kier molecular flexibility index (Phi) is 3.78. The van der Waals surface area contributed by atoms with Gasteiger partial charge in [0, 0.05) is 57.6 Å². The van der Waals surface area contributed by atoms with E-state index in [4.69, 9.17) is 4.52 Å². The van der Waals surface area contributed by atoms with E-state index in [0.717, 1.165) is 57.4 Å². The van der Waals surface area contributed by atoms with Crippen molar-refractivity contribution in [3.05, 3.63) is 42.4 Å². The molecular formula is C16H21N5O. The summed E-state index contributed by atoms with van der Waals surface area (Å²) in [7, 11) is 0. The molecule has 6 heteroatoms. The molecule has 0 amide bonds. The monoisotopic (exact) mass is 299 g/mol. The average Bonchev–Trinajstić information content (AvgIpc) is 3.05. The minimum absolute atomic E-state index is 0.689. The molecule has 6 nitrogen and oxygen atoms in total. The van der Waals surface area contributed by atoms with Crippen LogP contribution in [-0.2, 0) is 6.54 Å². The van der Waals surface area contributed by atoms with Crippen molar-refractivity contribution in [2.24, 2.45) is 0 Å². The number of hydrogen-bond acceptors (Lipinski definition) is 6. The topological polar surface area (TPSA) is 48.6 Å². The summed E-state index contributed by atoms with van der Waals surface area (Å²) in [6.45, 7) is 7.51. The minimum atomic E-state index is 0.689. The van der Waals surface area contributed by atoms with Crippen LogP contribution >= 0.6 is 0 Å². The van der Waals surface area contributed by atoms with Gasteiger partial charge in [-0.25, -0.2) is 4.98 Å². The Morgan fingerprint density at radius 2 is 1.91 bits per heavy atom. The lowest BCUT2D eigenvalue weighted by Crippen LogP contribution is -2.62. The SMILES string of the molecule is c1ccc(N2CCN(C3CN(Cc4ccno4)C3)CC2)nc1. The third-order valence-electron chi connectivity index (χ3n) is 4.61. The van der Waals surface area contributed by atoms with Crippen molar-refractivity contribution in [2.75, 3.05) is 44.2 Å². The molecule has 0 N–H and O–H groups in total. The summed E-state index contributed by atoms with van der Waals surface area (Å²) in [4.78, 5) is 11.8. The Morgan fingerprint density at radius 3 is 2.59 bits per heavy atom. The van der Waals surface area contributed by atoms with Crippen LogP contribution < -0.4 is 4.90 Å². The Bertz CT molecular complexity index is 574. The summed E-state index contributed by atoms with van der Waals surface area (Å²) in [6, 6.07) is 8.75. The van der Waals surface area contributed by atoms with Crippen LogP contribution in [0.5, 0.6) is 0 Å². The molecule has 2 fully saturated rings. The largest absolute Gasteiger partial charge is 0.360 e. The van der Waals surface area contributed by atoms with E-state index in [2.05, 4.69) is 37.0 Å². The predicted molar refractivity (Wildman–Crippen MR) is 83.6 cm³/mol. The summed E-state index contributed by atoms with van der Waals surface area (Å²) in [5, 5.41) is 3.76. The van der Waals surface area contributed by atoms with E-state index in [0.29, 0.717) is 6.04 Å². The van der Waals surface area contributed by atoms with Gasteiger partial charge in [-0.2, -0.15) is 0 Å². The van der Waals surface area contributed by atoms with Crippen LogP contribution in [0.2, 0.25) is 0 Å². The van der Waals surface area contributed by atoms with Crippen molar-refractivity contribution >= 4 is 5.82 Å². The van der Waals surface area contributed by atoms with Crippen LogP contribution in [0, 0.1) is 0 Å². The van der Waals surface area contributed by atoms with Crippen LogP contribution in [0.4, 0.5) is 5.82 Å². The smallest absolute Gasteiger partial charge is 0.150 e. The van der Waals surface area contributed by atoms with Gasteiger partial charge in [0.1, 0.15) is 5.82 Å². The molecule has 2 aliphatic rings. The summed E-state index contributed by atoms with van der Waals surface area (Å²) < 4.78 is 5.16. The zero-order valence-corrected chi connectivity index (χ0v) is 12.6. The minimum Gasteiger partial charge on any atom is -0.360 e. The number of piperazine rings is 1. The molecule has 0 radical (unpaired) electrons.